The normalized spacial score (nSPS) is 11.3. The first kappa shape index (κ1) is 24.2. The average molecular weight is 502 g/mol. The van der Waals surface area contributed by atoms with Crippen LogP contribution in [0.4, 0.5) is 16.0 Å². The first-order chi connectivity index (χ1) is 18.5. The number of benzene rings is 3. The Morgan fingerprint density at radius 1 is 1.00 bits per heavy atom. The van der Waals surface area contributed by atoms with Crippen LogP contribution in [0.3, 0.4) is 0 Å². The van der Waals surface area contributed by atoms with E-state index in [4.69, 9.17) is 5.73 Å². The van der Waals surface area contributed by atoms with E-state index in [-0.39, 0.29) is 22.5 Å². The van der Waals surface area contributed by atoms with Crippen LogP contribution >= 0.6 is 0 Å². The summed E-state index contributed by atoms with van der Waals surface area (Å²) in [6.07, 6.45) is 1.31. The van der Waals surface area contributed by atoms with E-state index in [0.717, 1.165) is 5.56 Å². The lowest BCUT2D eigenvalue weighted by Gasteiger charge is -2.21. The first-order valence-corrected chi connectivity index (χ1v) is 11.6. The Balaban J connectivity index is 1.65. The Morgan fingerprint density at radius 2 is 1.76 bits per heavy atom. The van der Waals surface area contributed by atoms with Gasteiger partial charge in [-0.1, -0.05) is 42.2 Å². The second-order valence-corrected chi connectivity index (χ2v) is 8.37. The smallest absolute Gasteiger partial charge is 0.269 e. The molecule has 0 saturated heterocycles. The number of nitrogens with zero attached hydrogens (tertiary/aromatic N) is 5. The number of nitriles is 1. The van der Waals surface area contributed by atoms with Crippen LogP contribution in [-0.4, -0.2) is 19.5 Å². The maximum absolute atomic E-state index is 14.7. The minimum absolute atomic E-state index is 0.147. The largest absolute Gasteiger partial charge is 0.382 e. The highest BCUT2D eigenvalue weighted by Crippen LogP contribution is 2.25. The zero-order chi connectivity index (χ0) is 26.6. The van der Waals surface area contributed by atoms with Crippen molar-refractivity contribution in [3.05, 3.63) is 118 Å². The SMILES string of the molecule is C[C@H](Nc1ncnc(N)c1C#Cc1ccccc1)c1nc2cccc(F)c2c(=O)n1-c1cccc(C#N)c1. The summed E-state index contributed by atoms with van der Waals surface area (Å²) in [5, 5.41) is 12.5. The number of hydrogen-bond acceptors (Lipinski definition) is 7. The van der Waals surface area contributed by atoms with Gasteiger partial charge in [0.05, 0.1) is 28.9 Å². The molecule has 2 heterocycles. The molecule has 0 amide bonds. The van der Waals surface area contributed by atoms with E-state index in [0.29, 0.717) is 22.6 Å². The van der Waals surface area contributed by atoms with Crippen LogP contribution in [0.15, 0.2) is 83.9 Å². The fourth-order valence-corrected chi connectivity index (χ4v) is 4.02. The van der Waals surface area contributed by atoms with Crippen molar-refractivity contribution in [2.24, 2.45) is 0 Å². The van der Waals surface area contributed by atoms with E-state index in [2.05, 4.69) is 38.2 Å². The van der Waals surface area contributed by atoms with Gasteiger partial charge in [-0.3, -0.25) is 9.36 Å². The van der Waals surface area contributed by atoms with Gasteiger partial charge in [-0.15, -0.1) is 0 Å². The van der Waals surface area contributed by atoms with Crippen molar-refractivity contribution in [2.75, 3.05) is 11.1 Å². The van der Waals surface area contributed by atoms with Crippen molar-refractivity contribution in [2.45, 2.75) is 13.0 Å². The molecular weight excluding hydrogens is 481 g/mol. The quantitative estimate of drug-likeness (QED) is 0.351. The minimum Gasteiger partial charge on any atom is -0.382 e. The Labute approximate surface area is 217 Å². The molecule has 1 atom stereocenters. The first-order valence-electron chi connectivity index (χ1n) is 11.6. The van der Waals surface area contributed by atoms with Crippen molar-refractivity contribution >= 4 is 22.5 Å². The molecular formula is C29H20FN7O. The average Bonchev–Trinajstić information content (AvgIpc) is 2.93. The van der Waals surface area contributed by atoms with Crippen molar-refractivity contribution in [1.82, 2.24) is 19.5 Å². The molecule has 0 unspecified atom stereocenters. The van der Waals surface area contributed by atoms with Crippen molar-refractivity contribution in [3.8, 4) is 23.6 Å². The fourth-order valence-electron chi connectivity index (χ4n) is 4.02. The Kier molecular flexibility index (Phi) is 6.50. The molecule has 0 saturated carbocycles. The summed E-state index contributed by atoms with van der Waals surface area (Å²) in [4.78, 5) is 26.6. The van der Waals surface area contributed by atoms with E-state index < -0.39 is 17.4 Å². The summed E-state index contributed by atoms with van der Waals surface area (Å²) in [7, 11) is 0. The van der Waals surface area contributed by atoms with Gasteiger partial charge in [-0.2, -0.15) is 5.26 Å². The molecule has 0 spiro atoms. The molecule has 38 heavy (non-hydrogen) atoms. The molecule has 0 aliphatic rings. The molecule has 5 aromatic rings. The monoisotopic (exact) mass is 501 g/mol. The molecule has 3 aromatic carbocycles. The van der Waals surface area contributed by atoms with Gasteiger partial charge in [0.25, 0.3) is 5.56 Å². The van der Waals surface area contributed by atoms with Gasteiger partial charge in [0.1, 0.15) is 40.6 Å². The van der Waals surface area contributed by atoms with Crippen LogP contribution in [0.5, 0.6) is 0 Å². The highest BCUT2D eigenvalue weighted by atomic mass is 19.1. The maximum atomic E-state index is 14.7. The molecule has 0 radical (unpaired) electrons. The van der Waals surface area contributed by atoms with Crippen LogP contribution in [0.1, 0.15) is 35.5 Å². The predicted octanol–water partition coefficient (Wildman–Crippen LogP) is 4.34. The van der Waals surface area contributed by atoms with Gasteiger partial charge in [-0.05, 0) is 49.4 Å². The zero-order valence-electron chi connectivity index (χ0n) is 20.2. The third-order valence-electron chi connectivity index (χ3n) is 5.83. The van der Waals surface area contributed by atoms with Gasteiger partial charge in [0.2, 0.25) is 0 Å². The van der Waals surface area contributed by atoms with Crippen LogP contribution in [0.2, 0.25) is 0 Å². The molecule has 0 aliphatic carbocycles. The van der Waals surface area contributed by atoms with Crippen LogP contribution in [0, 0.1) is 29.0 Å². The van der Waals surface area contributed by atoms with Gasteiger partial charge in [0, 0.05) is 5.56 Å². The van der Waals surface area contributed by atoms with E-state index >= 15 is 0 Å². The lowest BCUT2D eigenvalue weighted by molar-refractivity contribution is 0.635. The summed E-state index contributed by atoms with van der Waals surface area (Å²) < 4.78 is 16.0. The lowest BCUT2D eigenvalue weighted by Crippen LogP contribution is -2.28. The van der Waals surface area contributed by atoms with Gasteiger partial charge >= 0.3 is 0 Å². The lowest BCUT2D eigenvalue weighted by atomic mass is 10.1. The van der Waals surface area contributed by atoms with E-state index in [9.17, 15) is 14.4 Å². The maximum Gasteiger partial charge on any atom is 0.269 e. The highest BCUT2D eigenvalue weighted by Gasteiger charge is 2.21. The number of nitrogens with one attached hydrogen (secondary N) is 1. The zero-order valence-corrected chi connectivity index (χ0v) is 20.2. The number of aromatic nitrogens is 4. The number of anilines is 2. The van der Waals surface area contributed by atoms with Gasteiger partial charge in [0.15, 0.2) is 0 Å². The van der Waals surface area contributed by atoms with Gasteiger partial charge < -0.3 is 11.1 Å². The molecule has 3 N–H and O–H groups in total. The van der Waals surface area contributed by atoms with E-state index in [1.807, 2.05) is 30.3 Å². The summed E-state index contributed by atoms with van der Waals surface area (Å²) in [6, 6.07) is 21.6. The molecule has 184 valence electrons. The second kappa shape index (κ2) is 10.2. The molecule has 5 rings (SSSR count). The van der Waals surface area contributed by atoms with Gasteiger partial charge in [-0.25, -0.2) is 19.3 Å². The van der Waals surface area contributed by atoms with E-state index in [1.165, 1.54) is 23.0 Å². The molecule has 9 heteroatoms. The number of halogens is 1. The minimum atomic E-state index is -0.681. The summed E-state index contributed by atoms with van der Waals surface area (Å²) >= 11 is 0. The summed E-state index contributed by atoms with van der Waals surface area (Å²) in [5.74, 6) is 6.21. The van der Waals surface area contributed by atoms with Crippen LogP contribution in [0.25, 0.3) is 16.6 Å². The molecule has 8 nitrogen and oxygen atoms in total. The van der Waals surface area contributed by atoms with Crippen molar-refractivity contribution in [1.29, 1.82) is 5.26 Å². The fraction of sp³-hybridized carbons (Fsp3) is 0.0690. The number of rotatable bonds is 4. The third-order valence-corrected chi connectivity index (χ3v) is 5.83. The number of fused-ring (bicyclic) bond motifs is 1. The predicted molar refractivity (Wildman–Crippen MR) is 143 cm³/mol. The summed E-state index contributed by atoms with van der Waals surface area (Å²) in [6.45, 7) is 1.78. The molecule has 0 fully saturated rings. The van der Waals surface area contributed by atoms with Crippen LogP contribution < -0.4 is 16.6 Å². The Bertz CT molecular complexity index is 1830. The third kappa shape index (κ3) is 4.64. The van der Waals surface area contributed by atoms with Crippen molar-refractivity contribution < 1.29 is 4.39 Å². The Hall–Kier alpha value is -5.54. The molecule has 0 bridgehead atoms. The number of nitrogen functional groups attached to an aromatic ring is 1. The highest BCUT2D eigenvalue weighted by molar-refractivity contribution is 5.79. The second-order valence-electron chi connectivity index (χ2n) is 8.37. The molecule has 0 aliphatic heterocycles. The topological polar surface area (TPSA) is 123 Å². The molecule has 2 aromatic heterocycles. The Morgan fingerprint density at radius 3 is 2.55 bits per heavy atom. The number of hydrogen-bond donors (Lipinski definition) is 2. The number of nitrogens with two attached hydrogens (primary N) is 1. The van der Waals surface area contributed by atoms with Crippen LogP contribution in [-0.2, 0) is 0 Å². The standard InChI is InChI=1S/C29H20FN7O/c1-18(35-27-22(26(32)33-17-34-27)14-13-19-7-3-2-4-8-19)28-36-24-12-6-11-23(30)25(24)29(38)37(28)21-10-5-9-20(15-21)16-31/h2-12,15,17-18H,1H3,(H3,32,33,34,35)/t18-/m0/s1. The van der Waals surface area contributed by atoms with E-state index in [1.54, 1.807) is 37.3 Å². The van der Waals surface area contributed by atoms with Crippen molar-refractivity contribution in [3.63, 3.8) is 0 Å². The summed E-state index contributed by atoms with van der Waals surface area (Å²) in [5.41, 5.74) is 7.63.